The molecule has 0 aliphatic carbocycles. The topological polar surface area (TPSA) is 75.0 Å². The van der Waals surface area contributed by atoms with Crippen molar-refractivity contribution in [2.45, 2.75) is 40.2 Å². The molecule has 1 fully saturated rings. The summed E-state index contributed by atoms with van der Waals surface area (Å²) in [6, 6.07) is 0.107. The minimum Gasteiger partial charge on any atom is -0.340 e. The number of nitrogens with two attached hydrogens (primary N) is 1. The molecule has 2 atom stereocenters. The highest BCUT2D eigenvalue weighted by molar-refractivity contribution is 5.79. The smallest absolute Gasteiger partial charge is 0.227 e. The monoisotopic (exact) mass is 264 g/mol. The second-order valence-electron chi connectivity index (χ2n) is 5.96. The van der Waals surface area contributed by atoms with Crippen molar-refractivity contribution < 1.29 is 4.79 Å². The molecule has 5 nitrogen and oxygen atoms in total. The normalized spacial score (nSPS) is 23.4. The van der Waals surface area contributed by atoms with Gasteiger partial charge < -0.3 is 10.6 Å². The zero-order valence-corrected chi connectivity index (χ0v) is 12.2. The Hall–Kier alpha value is -1.36. The molecule has 2 heterocycles. The molecule has 1 saturated heterocycles. The zero-order chi connectivity index (χ0) is 14.2. The molecule has 1 aliphatic heterocycles. The van der Waals surface area contributed by atoms with Crippen molar-refractivity contribution in [3.63, 3.8) is 0 Å². The average molecular weight is 264 g/mol. The third-order valence-corrected chi connectivity index (χ3v) is 4.23. The first-order chi connectivity index (χ1) is 8.90. The molecular formula is C14H24N4O. The lowest BCUT2D eigenvalue weighted by molar-refractivity contribution is -0.129. The van der Waals surface area contributed by atoms with Crippen molar-refractivity contribution >= 4 is 5.91 Å². The number of aryl methyl sites for hydroxylation is 2. The third-order valence-electron chi connectivity index (χ3n) is 4.23. The average Bonchev–Trinajstić information content (AvgIpc) is 2.86. The fourth-order valence-electron chi connectivity index (χ4n) is 2.86. The molecule has 0 aromatic carbocycles. The first kappa shape index (κ1) is 14.1. The summed E-state index contributed by atoms with van der Waals surface area (Å²) in [6.45, 7) is 9.69. The molecule has 2 rings (SSSR count). The van der Waals surface area contributed by atoms with E-state index in [4.69, 9.17) is 5.73 Å². The Bertz CT molecular complexity index is 447. The van der Waals surface area contributed by atoms with Crippen molar-refractivity contribution in [1.29, 1.82) is 0 Å². The van der Waals surface area contributed by atoms with Gasteiger partial charge >= 0.3 is 0 Å². The van der Waals surface area contributed by atoms with E-state index in [2.05, 4.69) is 24.0 Å². The minimum atomic E-state index is 0.107. The summed E-state index contributed by atoms with van der Waals surface area (Å²) in [4.78, 5) is 14.3. The summed E-state index contributed by atoms with van der Waals surface area (Å²) in [6.07, 6.45) is 0.422. The molecule has 19 heavy (non-hydrogen) atoms. The van der Waals surface area contributed by atoms with Gasteiger partial charge in [0.05, 0.1) is 12.1 Å². The number of nitrogens with zero attached hydrogens (tertiary/aromatic N) is 2. The van der Waals surface area contributed by atoms with E-state index < -0.39 is 0 Å². The van der Waals surface area contributed by atoms with Crippen LogP contribution in [0.3, 0.4) is 0 Å². The van der Waals surface area contributed by atoms with Crippen LogP contribution >= 0.6 is 0 Å². The van der Waals surface area contributed by atoms with Gasteiger partial charge in [0.2, 0.25) is 5.91 Å². The Morgan fingerprint density at radius 1 is 1.47 bits per heavy atom. The summed E-state index contributed by atoms with van der Waals surface area (Å²) < 4.78 is 0. The van der Waals surface area contributed by atoms with Crippen LogP contribution in [0.5, 0.6) is 0 Å². The Balaban J connectivity index is 2.02. The van der Waals surface area contributed by atoms with Crippen LogP contribution in [0.2, 0.25) is 0 Å². The Kier molecular flexibility index (Phi) is 3.94. The second-order valence-corrected chi connectivity index (χ2v) is 5.96. The van der Waals surface area contributed by atoms with E-state index in [0.717, 1.165) is 23.5 Å². The van der Waals surface area contributed by atoms with Crippen molar-refractivity contribution in [2.75, 3.05) is 13.1 Å². The van der Waals surface area contributed by atoms with Crippen molar-refractivity contribution in [3.8, 4) is 0 Å². The van der Waals surface area contributed by atoms with Gasteiger partial charge in [-0.25, -0.2) is 0 Å². The number of carbonyl (C=O) groups excluding carboxylic acids is 1. The molecular weight excluding hydrogens is 240 g/mol. The predicted octanol–water partition coefficient (Wildman–Crippen LogP) is 1.01. The number of aromatic amines is 1. The van der Waals surface area contributed by atoms with E-state index in [1.807, 2.05) is 18.7 Å². The Morgan fingerprint density at radius 2 is 2.16 bits per heavy atom. The maximum Gasteiger partial charge on any atom is 0.227 e. The van der Waals surface area contributed by atoms with Gasteiger partial charge in [0.15, 0.2) is 0 Å². The van der Waals surface area contributed by atoms with E-state index in [-0.39, 0.29) is 11.9 Å². The molecule has 0 saturated carbocycles. The van der Waals surface area contributed by atoms with E-state index in [0.29, 0.717) is 24.8 Å². The van der Waals surface area contributed by atoms with Gasteiger partial charge in [-0.3, -0.25) is 9.89 Å². The standard InChI is InChI=1S/C14H24N4O/c1-8(2)12-6-18(7-13(12)15)14(19)5-11-9(3)16-17-10(11)4/h8,12-13H,5-7,15H2,1-4H3,(H,16,17)/t12-,13+/m1/s1. The first-order valence-electron chi connectivity index (χ1n) is 6.94. The lowest BCUT2D eigenvalue weighted by Crippen LogP contribution is -2.33. The van der Waals surface area contributed by atoms with Crippen molar-refractivity contribution in [3.05, 3.63) is 17.0 Å². The number of likely N-dealkylation sites (tertiary alicyclic amines) is 1. The van der Waals surface area contributed by atoms with Gasteiger partial charge in [-0.15, -0.1) is 0 Å². The largest absolute Gasteiger partial charge is 0.340 e. The van der Waals surface area contributed by atoms with Crippen LogP contribution in [0, 0.1) is 25.7 Å². The number of H-pyrrole nitrogens is 1. The van der Waals surface area contributed by atoms with E-state index in [9.17, 15) is 4.79 Å². The van der Waals surface area contributed by atoms with Gasteiger partial charge in [0.1, 0.15) is 0 Å². The van der Waals surface area contributed by atoms with Crippen LogP contribution in [0.25, 0.3) is 0 Å². The molecule has 0 unspecified atom stereocenters. The van der Waals surface area contributed by atoms with Gasteiger partial charge in [-0.1, -0.05) is 13.8 Å². The van der Waals surface area contributed by atoms with Crippen molar-refractivity contribution in [2.24, 2.45) is 17.6 Å². The summed E-state index contributed by atoms with van der Waals surface area (Å²) in [5.74, 6) is 1.09. The lowest BCUT2D eigenvalue weighted by atomic mass is 9.92. The van der Waals surface area contributed by atoms with Crippen LogP contribution in [0.4, 0.5) is 0 Å². The van der Waals surface area contributed by atoms with Crippen LogP contribution in [-0.4, -0.2) is 40.1 Å². The van der Waals surface area contributed by atoms with E-state index >= 15 is 0 Å². The number of amides is 1. The highest BCUT2D eigenvalue weighted by atomic mass is 16.2. The molecule has 0 bridgehead atoms. The highest BCUT2D eigenvalue weighted by Crippen LogP contribution is 2.24. The van der Waals surface area contributed by atoms with Crippen LogP contribution in [0.1, 0.15) is 30.8 Å². The second kappa shape index (κ2) is 5.33. The van der Waals surface area contributed by atoms with Crippen LogP contribution < -0.4 is 5.73 Å². The molecule has 3 N–H and O–H groups in total. The molecule has 1 aromatic heterocycles. The Labute approximate surface area is 114 Å². The maximum absolute atomic E-state index is 12.4. The van der Waals surface area contributed by atoms with Gasteiger partial charge in [-0.2, -0.15) is 5.10 Å². The first-order valence-corrected chi connectivity index (χ1v) is 6.94. The molecule has 1 amide bonds. The van der Waals surface area contributed by atoms with Gasteiger partial charge in [0.25, 0.3) is 0 Å². The third kappa shape index (κ3) is 2.81. The van der Waals surface area contributed by atoms with Gasteiger partial charge in [-0.05, 0) is 25.7 Å². The molecule has 1 aliphatic rings. The molecule has 0 radical (unpaired) electrons. The van der Waals surface area contributed by atoms with E-state index in [1.54, 1.807) is 0 Å². The SMILES string of the molecule is Cc1n[nH]c(C)c1CC(=O)N1C[C@H](C(C)C)[C@@H](N)C1. The number of aromatic nitrogens is 2. The number of rotatable bonds is 3. The zero-order valence-electron chi connectivity index (χ0n) is 12.2. The maximum atomic E-state index is 12.4. The molecule has 1 aromatic rings. The highest BCUT2D eigenvalue weighted by Gasteiger charge is 2.34. The van der Waals surface area contributed by atoms with Crippen molar-refractivity contribution in [1.82, 2.24) is 15.1 Å². The van der Waals surface area contributed by atoms with E-state index in [1.165, 1.54) is 0 Å². The Morgan fingerprint density at radius 3 is 2.63 bits per heavy atom. The fourth-order valence-corrected chi connectivity index (χ4v) is 2.86. The summed E-state index contributed by atoms with van der Waals surface area (Å²) in [7, 11) is 0. The summed E-state index contributed by atoms with van der Waals surface area (Å²) >= 11 is 0. The quantitative estimate of drug-likeness (QED) is 0.855. The lowest BCUT2D eigenvalue weighted by Gasteiger charge is -2.18. The number of hydrogen-bond acceptors (Lipinski definition) is 3. The minimum absolute atomic E-state index is 0.107. The summed E-state index contributed by atoms with van der Waals surface area (Å²) in [5.41, 5.74) is 9.04. The number of carbonyl (C=O) groups is 1. The van der Waals surface area contributed by atoms with Crippen LogP contribution in [0.15, 0.2) is 0 Å². The predicted molar refractivity (Wildman–Crippen MR) is 74.6 cm³/mol. The number of hydrogen-bond donors (Lipinski definition) is 2. The van der Waals surface area contributed by atoms with Crippen LogP contribution in [-0.2, 0) is 11.2 Å². The number of nitrogens with one attached hydrogen (secondary N) is 1. The molecule has 5 heteroatoms. The molecule has 0 spiro atoms. The fraction of sp³-hybridized carbons (Fsp3) is 0.714. The molecule has 106 valence electrons. The van der Waals surface area contributed by atoms with Gasteiger partial charge in [0, 0.05) is 30.4 Å². The summed E-state index contributed by atoms with van der Waals surface area (Å²) in [5, 5.41) is 7.06.